The lowest BCUT2D eigenvalue weighted by Gasteiger charge is -2.12. The van der Waals surface area contributed by atoms with Gasteiger partial charge < -0.3 is 4.74 Å². The van der Waals surface area contributed by atoms with Crippen LogP contribution in [0.3, 0.4) is 0 Å². The molecule has 17 heavy (non-hydrogen) atoms. The van der Waals surface area contributed by atoms with Gasteiger partial charge in [0.2, 0.25) is 0 Å². The molecule has 0 bridgehead atoms. The summed E-state index contributed by atoms with van der Waals surface area (Å²) in [5.41, 5.74) is 1.07. The summed E-state index contributed by atoms with van der Waals surface area (Å²) >= 11 is 11.7. The second kappa shape index (κ2) is 5.89. The van der Waals surface area contributed by atoms with Crippen LogP contribution in [0.5, 0.6) is 5.75 Å². The Morgan fingerprint density at radius 3 is 2.88 bits per heavy atom. The Kier molecular flexibility index (Phi) is 4.48. The average molecular weight is 332 g/mol. The van der Waals surface area contributed by atoms with Crippen molar-refractivity contribution in [2.24, 2.45) is 0 Å². The van der Waals surface area contributed by atoms with Crippen LogP contribution in [-0.2, 0) is 6.42 Å². The lowest BCUT2D eigenvalue weighted by atomic mass is 10.1. The number of rotatable bonds is 4. The van der Waals surface area contributed by atoms with Crippen molar-refractivity contribution in [3.05, 3.63) is 50.6 Å². The fourth-order valence-electron chi connectivity index (χ4n) is 1.60. The number of hydrogen-bond donors (Lipinski definition) is 0. The molecule has 0 radical (unpaired) electrons. The molecule has 2 aromatic rings. The zero-order valence-corrected chi connectivity index (χ0v) is 12.5. The van der Waals surface area contributed by atoms with Crippen molar-refractivity contribution in [1.82, 2.24) is 0 Å². The fourth-order valence-corrected chi connectivity index (χ4v) is 3.45. The van der Waals surface area contributed by atoms with Gasteiger partial charge in [0.1, 0.15) is 5.75 Å². The molecule has 1 aromatic carbocycles. The molecule has 1 nitrogen and oxygen atoms in total. The van der Waals surface area contributed by atoms with Crippen molar-refractivity contribution in [2.45, 2.75) is 11.8 Å². The van der Waals surface area contributed by atoms with Gasteiger partial charge >= 0.3 is 0 Å². The minimum absolute atomic E-state index is 0.0434. The standard InChI is InChI=1S/C13H12BrClOS/c1-16-9-4-5-12(14)11(7-9)13(15)8-10-3-2-6-17-10/h2-7,13H,8H2,1H3. The lowest BCUT2D eigenvalue weighted by molar-refractivity contribution is 0.414. The predicted octanol–water partition coefficient (Wildman–Crippen LogP) is 5.04. The summed E-state index contributed by atoms with van der Waals surface area (Å²) in [6.45, 7) is 0. The van der Waals surface area contributed by atoms with Crippen molar-refractivity contribution in [3.8, 4) is 5.75 Å². The van der Waals surface area contributed by atoms with Gasteiger partial charge in [-0.05, 0) is 35.2 Å². The third-order valence-electron chi connectivity index (χ3n) is 2.50. The van der Waals surface area contributed by atoms with E-state index >= 15 is 0 Å². The normalized spacial score (nSPS) is 12.4. The van der Waals surface area contributed by atoms with Gasteiger partial charge in [0, 0.05) is 15.8 Å². The number of ether oxygens (including phenoxy) is 1. The molecule has 1 aromatic heterocycles. The van der Waals surface area contributed by atoms with Gasteiger partial charge in [-0.1, -0.05) is 22.0 Å². The molecule has 0 aliphatic heterocycles. The Hall–Kier alpha value is -0.510. The van der Waals surface area contributed by atoms with Crippen molar-refractivity contribution < 1.29 is 4.74 Å². The quantitative estimate of drug-likeness (QED) is 0.713. The van der Waals surface area contributed by atoms with Gasteiger partial charge in [0.05, 0.1) is 12.5 Å². The van der Waals surface area contributed by atoms with E-state index in [1.54, 1.807) is 18.4 Å². The minimum atomic E-state index is -0.0434. The lowest BCUT2D eigenvalue weighted by Crippen LogP contribution is -1.96. The molecule has 1 heterocycles. The third kappa shape index (κ3) is 3.24. The van der Waals surface area contributed by atoms with E-state index in [-0.39, 0.29) is 5.38 Å². The van der Waals surface area contributed by atoms with Crippen LogP contribution in [0, 0.1) is 0 Å². The highest BCUT2D eigenvalue weighted by Gasteiger charge is 2.14. The van der Waals surface area contributed by atoms with Crippen molar-refractivity contribution in [2.75, 3.05) is 7.11 Å². The van der Waals surface area contributed by atoms with Crippen LogP contribution in [0.15, 0.2) is 40.2 Å². The van der Waals surface area contributed by atoms with Crippen LogP contribution in [0.2, 0.25) is 0 Å². The zero-order chi connectivity index (χ0) is 12.3. The summed E-state index contributed by atoms with van der Waals surface area (Å²) in [7, 11) is 1.66. The Morgan fingerprint density at radius 1 is 1.41 bits per heavy atom. The third-order valence-corrected chi connectivity index (χ3v) is 4.51. The summed E-state index contributed by atoms with van der Waals surface area (Å²) in [4.78, 5) is 1.29. The van der Waals surface area contributed by atoms with Crippen molar-refractivity contribution >= 4 is 38.9 Å². The molecule has 0 aliphatic rings. The van der Waals surface area contributed by atoms with Crippen LogP contribution in [0.25, 0.3) is 0 Å². The maximum absolute atomic E-state index is 6.45. The highest BCUT2D eigenvalue weighted by Crippen LogP contribution is 2.34. The van der Waals surface area contributed by atoms with Gasteiger partial charge in [0.25, 0.3) is 0 Å². The SMILES string of the molecule is COc1ccc(Br)c(C(Cl)Cc2cccs2)c1. The van der Waals surface area contributed by atoms with Crippen LogP contribution in [-0.4, -0.2) is 7.11 Å². The van der Waals surface area contributed by atoms with Gasteiger partial charge in [-0.15, -0.1) is 22.9 Å². The van der Waals surface area contributed by atoms with Crippen LogP contribution >= 0.6 is 38.9 Å². The molecule has 2 rings (SSSR count). The molecular formula is C13H12BrClOS. The highest BCUT2D eigenvalue weighted by atomic mass is 79.9. The molecule has 0 amide bonds. The number of halogens is 2. The van der Waals surface area contributed by atoms with E-state index in [0.717, 1.165) is 22.2 Å². The molecule has 90 valence electrons. The Labute approximate surface area is 119 Å². The van der Waals surface area contributed by atoms with Crippen LogP contribution in [0.1, 0.15) is 15.8 Å². The number of benzene rings is 1. The Balaban J connectivity index is 2.20. The molecular weight excluding hydrogens is 320 g/mol. The number of methoxy groups -OCH3 is 1. The van der Waals surface area contributed by atoms with Crippen LogP contribution in [0.4, 0.5) is 0 Å². The van der Waals surface area contributed by atoms with Gasteiger partial charge in [0.15, 0.2) is 0 Å². The van der Waals surface area contributed by atoms with E-state index in [4.69, 9.17) is 16.3 Å². The first kappa shape index (κ1) is 12.9. The van der Waals surface area contributed by atoms with Crippen LogP contribution < -0.4 is 4.74 Å². The molecule has 4 heteroatoms. The summed E-state index contributed by atoms with van der Waals surface area (Å²) in [5, 5.41) is 2.03. The molecule has 0 saturated heterocycles. The Bertz CT molecular complexity index is 484. The molecule has 0 fully saturated rings. The van der Waals surface area contributed by atoms with E-state index in [9.17, 15) is 0 Å². The summed E-state index contributed by atoms with van der Waals surface area (Å²) in [6, 6.07) is 10.0. The largest absolute Gasteiger partial charge is 0.497 e. The van der Waals surface area contributed by atoms with Crippen molar-refractivity contribution in [3.63, 3.8) is 0 Å². The minimum Gasteiger partial charge on any atom is -0.497 e. The van der Waals surface area contributed by atoms with E-state index in [1.165, 1.54) is 4.88 Å². The smallest absolute Gasteiger partial charge is 0.119 e. The maximum atomic E-state index is 6.45. The number of thiophene rings is 1. The highest BCUT2D eigenvalue weighted by molar-refractivity contribution is 9.10. The summed E-state index contributed by atoms with van der Waals surface area (Å²) in [5.74, 6) is 0.833. The first-order valence-corrected chi connectivity index (χ1v) is 7.31. The molecule has 1 unspecified atom stereocenters. The average Bonchev–Trinajstić information content (AvgIpc) is 2.82. The molecule has 0 spiro atoms. The molecule has 1 atom stereocenters. The zero-order valence-electron chi connectivity index (χ0n) is 9.32. The van der Waals surface area contributed by atoms with E-state index in [1.807, 2.05) is 24.3 Å². The first-order chi connectivity index (χ1) is 8.20. The second-order valence-corrected chi connectivity index (χ2v) is 6.05. The van der Waals surface area contributed by atoms with Gasteiger partial charge in [-0.3, -0.25) is 0 Å². The summed E-state index contributed by atoms with van der Waals surface area (Å²) < 4.78 is 6.24. The fraction of sp³-hybridized carbons (Fsp3) is 0.231. The summed E-state index contributed by atoms with van der Waals surface area (Å²) in [6.07, 6.45) is 0.838. The molecule has 0 saturated carbocycles. The Morgan fingerprint density at radius 2 is 2.24 bits per heavy atom. The molecule has 0 aliphatic carbocycles. The first-order valence-electron chi connectivity index (χ1n) is 5.20. The van der Waals surface area contributed by atoms with Crippen molar-refractivity contribution in [1.29, 1.82) is 0 Å². The van der Waals surface area contributed by atoms with Gasteiger partial charge in [-0.2, -0.15) is 0 Å². The maximum Gasteiger partial charge on any atom is 0.119 e. The van der Waals surface area contributed by atoms with Gasteiger partial charge in [-0.25, -0.2) is 0 Å². The van der Waals surface area contributed by atoms with E-state index in [2.05, 4.69) is 27.4 Å². The molecule has 0 N–H and O–H groups in total. The predicted molar refractivity (Wildman–Crippen MR) is 77.3 cm³/mol. The second-order valence-electron chi connectivity index (χ2n) is 3.64. The van der Waals surface area contributed by atoms with E-state index < -0.39 is 0 Å². The van der Waals surface area contributed by atoms with E-state index in [0.29, 0.717) is 0 Å². The number of hydrogen-bond acceptors (Lipinski definition) is 2. The monoisotopic (exact) mass is 330 g/mol. The number of alkyl halides is 1. The topological polar surface area (TPSA) is 9.23 Å².